The Balaban J connectivity index is 2.45. The Morgan fingerprint density at radius 1 is 1.71 bits per heavy atom. The maximum absolute atomic E-state index is 10.7. The quantitative estimate of drug-likeness (QED) is 0.582. The summed E-state index contributed by atoms with van der Waals surface area (Å²) in [7, 11) is 0. The normalized spacial score (nSPS) is 9.71. The molecule has 0 aliphatic rings. The first kappa shape index (κ1) is 10.8. The zero-order valence-electron chi connectivity index (χ0n) is 7.73. The monoisotopic (exact) mass is 212 g/mol. The Kier molecular flexibility index (Phi) is 4.19. The van der Waals surface area contributed by atoms with Crippen molar-refractivity contribution in [3.63, 3.8) is 0 Å². The van der Waals surface area contributed by atoms with Gasteiger partial charge >= 0.3 is 5.97 Å². The minimum atomic E-state index is -0.940. The lowest BCUT2D eigenvalue weighted by atomic mass is 10.3. The summed E-state index contributed by atoms with van der Waals surface area (Å²) in [5.74, 6) is -0.940. The van der Waals surface area contributed by atoms with E-state index in [1.165, 1.54) is 11.3 Å². The summed E-state index contributed by atoms with van der Waals surface area (Å²) in [6.07, 6.45) is 3.56. The van der Waals surface area contributed by atoms with E-state index in [0.717, 1.165) is 12.8 Å². The number of aromatic carboxylic acids is 1. The third kappa shape index (κ3) is 2.88. The van der Waals surface area contributed by atoms with E-state index >= 15 is 0 Å². The van der Waals surface area contributed by atoms with Gasteiger partial charge in [-0.2, -0.15) is 0 Å². The van der Waals surface area contributed by atoms with Gasteiger partial charge in [0.2, 0.25) is 0 Å². The number of hydrogen-bond acceptors (Lipinski definition) is 3. The van der Waals surface area contributed by atoms with Crippen LogP contribution < -0.4 is 4.74 Å². The van der Waals surface area contributed by atoms with E-state index in [2.05, 4.69) is 6.58 Å². The van der Waals surface area contributed by atoms with Crippen molar-refractivity contribution in [2.75, 3.05) is 6.61 Å². The van der Waals surface area contributed by atoms with Gasteiger partial charge in [-0.25, -0.2) is 4.79 Å². The topological polar surface area (TPSA) is 46.5 Å². The molecule has 0 aliphatic carbocycles. The highest BCUT2D eigenvalue weighted by molar-refractivity contribution is 7.12. The number of unbranched alkanes of at least 4 members (excludes halogenated alkanes) is 1. The molecular weight excluding hydrogens is 200 g/mol. The molecule has 3 nitrogen and oxygen atoms in total. The molecular formula is C10H12O3S. The van der Waals surface area contributed by atoms with Gasteiger partial charge < -0.3 is 9.84 Å². The molecule has 14 heavy (non-hydrogen) atoms. The van der Waals surface area contributed by atoms with Crippen LogP contribution in [0.25, 0.3) is 0 Å². The molecule has 0 aromatic carbocycles. The SMILES string of the molecule is C=CCCCOc1sccc1C(=O)O. The van der Waals surface area contributed by atoms with Crippen LogP contribution in [0.2, 0.25) is 0 Å². The molecule has 4 heteroatoms. The molecule has 0 fully saturated rings. The first-order valence-corrected chi connectivity index (χ1v) is 5.18. The van der Waals surface area contributed by atoms with Gasteiger partial charge in [0, 0.05) is 0 Å². The second-order valence-electron chi connectivity index (χ2n) is 2.71. The van der Waals surface area contributed by atoms with Gasteiger partial charge in [0.15, 0.2) is 5.06 Å². The number of thiophene rings is 1. The molecule has 0 saturated carbocycles. The first-order valence-electron chi connectivity index (χ1n) is 4.30. The lowest BCUT2D eigenvalue weighted by Crippen LogP contribution is -2.01. The lowest BCUT2D eigenvalue weighted by molar-refractivity contribution is 0.0693. The van der Waals surface area contributed by atoms with Gasteiger partial charge in [0.1, 0.15) is 5.56 Å². The van der Waals surface area contributed by atoms with Crippen molar-refractivity contribution in [3.05, 3.63) is 29.7 Å². The molecule has 1 aromatic heterocycles. The van der Waals surface area contributed by atoms with Crippen molar-refractivity contribution < 1.29 is 14.6 Å². The Labute approximate surface area is 86.6 Å². The van der Waals surface area contributed by atoms with E-state index in [1.54, 1.807) is 11.4 Å². The fourth-order valence-corrected chi connectivity index (χ4v) is 1.72. The van der Waals surface area contributed by atoms with Crippen molar-refractivity contribution in [1.82, 2.24) is 0 Å². The maximum Gasteiger partial charge on any atom is 0.340 e. The summed E-state index contributed by atoms with van der Waals surface area (Å²) in [5, 5.41) is 11.0. The average Bonchev–Trinajstić information content (AvgIpc) is 2.60. The third-order valence-corrected chi connectivity index (χ3v) is 2.47. The number of carboxylic acids is 1. The zero-order chi connectivity index (χ0) is 10.4. The molecule has 0 saturated heterocycles. The van der Waals surface area contributed by atoms with Crippen LogP contribution >= 0.6 is 11.3 Å². The van der Waals surface area contributed by atoms with Crippen molar-refractivity contribution in [3.8, 4) is 5.06 Å². The van der Waals surface area contributed by atoms with Crippen LogP contribution in [-0.2, 0) is 0 Å². The lowest BCUT2D eigenvalue weighted by Gasteiger charge is -2.02. The number of allylic oxidation sites excluding steroid dienone is 1. The fraction of sp³-hybridized carbons (Fsp3) is 0.300. The predicted octanol–water partition coefficient (Wildman–Crippen LogP) is 2.79. The highest BCUT2D eigenvalue weighted by atomic mass is 32.1. The van der Waals surface area contributed by atoms with E-state index in [-0.39, 0.29) is 5.56 Å². The van der Waals surface area contributed by atoms with Crippen molar-refractivity contribution in [2.24, 2.45) is 0 Å². The van der Waals surface area contributed by atoms with E-state index in [4.69, 9.17) is 9.84 Å². The molecule has 0 radical (unpaired) electrons. The second kappa shape index (κ2) is 5.44. The van der Waals surface area contributed by atoms with Crippen LogP contribution in [0.4, 0.5) is 0 Å². The van der Waals surface area contributed by atoms with E-state index in [9.17, 15) is 4.79 Å². The number of carbonyl (C=O) groups is 1. The van der Waals surface area contributed by atoms with Crippen molar-refractivity contribution >= 4 is 17.3 Å². The summed E-state index contributed by atoms with van der Waals surface area (Å²) in [6.45, 7) is 4.13. The summed E-state index contributed by atoms with van der Waals surface area (Å²) in [4.78, 5) is 10.7. The smallest absolute Gasteiger partial charge is 0.340 e. The number of carboxylic acid groups (broad SMARTS) is 1. The molecule has 1 N–H and O–H groups in total. The fourth-order valence-electron chi connectivity index (χ4n) is 0.958. The minimum Gasteiger partial charge on any atom is -0.483 e. The first-order chi connectivity index (χ1) is 6.75. The Morgan fingerprint density at radius 3 is 3.14 bits per heavy atom. The standard InChI is InChI=1S/C10H12O3S/c1-2-3-4-6-13-10-8(9(11)12)5-7-14-10/h2,5,7H,1,3-4,6H2,(H,11,12). The largest absolute Gasteiger partial charge is 0.483 e. The highest BCUT2D eigenvalue weighted by Crippen LogP contribution is 2.26. The Morgan fingerprint density at radius 2 is 2.50 bits per heavy atom. The maximum atomic E-state index is 10.7. The molecule has 1 rings (SSSR count). The molecule has 0 unspecified atom stereocenters. The molecule has 0 spiro atoms. The van der Waals surface area contributed by atoms with Gasteiger partial charge in [-0.15, -0.1) is 17.9 Å². The molecule has 0 atom stereocenters. The summed E-state index contributed by atoms with van der Waals surface area (Å²) >= 11 is 1.31. The van der Waals surface area contributed by atoms with E-state index in [0.29, 0.717) is 11.7 Å². The van der Waals surface area contributed by atoms with Crippen LogP contribution in [-0.4, -0.2) is 17.7 Å². The highest BCUT2D eigenvalue weighted by Gasteiger charge is 2.11. The van der Waals surface area contributed by atoms with Crippen LogP contribution in [0, 0.1) is 0 Å². The zero-order valence-corrected chi connectivity index (χ0v) is 8.55. The van der Waals surface area contributed by atoms with E-state index < -0.39 is 5.97 Å². The van der Waals surface area contributed by atoms with Gasteiger partial charge in [-0.1, -0.05) is 6.08 Å². The predicted molar refractivity (Wildman–Crippen MR) is 56.2 cm³/mol. The molecule has 76 valence electrons. The molecule has 1 aromatic rings. The van der Waals surface area contributed by atoms with Crippen molar-refractivity contribution in [2.45, 2.75) is 12.8 Å². The van der Waals surface area contributed by atoms with Gasteiger partial charge in [-0.05, 0) is 24.3 Å². The van der Waals surface area contributed by atoms with Gasteiger partial charge in [0.25, 0.3) is 0 Å². The molecule has 0 amide bonds. The summed E-state index contributed by atoms with van der Waals surface area (Å²) < 4.78 is 5.33. The summed E-state index contributed by atoms with van der Waals surface area (Å²) in [6, 6.07) is 1.55. The Hall–Kier alpha value is -1.29. The van der Waals surface area contributed by atoms with Crippen LogP contribution in [0.3, 0.4) is 0 Å². The van der Waals surface area contributed by atoms with Crippen molar-refractivity contribution in [1.29, 1.82) is 0 Å². The minimum absolute atomic E-state index is 0.244. The number of ether oxygens (including phenoxy) is 1. The van der Waals surface area contributed by atoms with Gasteiger partial charge in [-0.3, -0.25) is 0 Å². The van der Waals surface area contributed by atoms with Crippen LogP contribution in [0.15, 0.2) is 24.1 Å². The molecule has 0 aliphatic heterocycles. The number of hydrogen-bond donors (Lipinski definition) is 1. The van der Waals surface area contributed by atoms with Crippen LogP contribution in [0.5, 0.6) is 5.06 Å². The summed E-state index contributed by atoms with van der Waals surface area (Å²) in [5.41, 5.74) is 0.244. The number of rotatable bonds is 6. The molecule has 0 bridgehead atoms. The Bertz CT molecular complexity index is 317. The molecule has 1 heterocycles. The second-order valence-corrected chi connectivity index (χ2v) is 3.58. The van der Waals surface area contributed by atoms with Gasteiger partial charge in [0.05, 0.1) is 6.61 Å². The van der Waals surface area contributed by atoms with E-state index in [1.807, 2.05) is 6.08 Å². The van der Waals surface area contributed by atoms with Crippen LogP contribution in [0.1, 0.15) is 23.2 Å². The third-order valence-electron chi connectivity index (χ3n) is 1.65. The average molecular weight is 212 g/mol.